The van der Waals surface area contributed by atoms with Gasteiger partial charge in [0.05, 0.1) is 0 Å². The van der Waals surface area contributed by atoms with Crippen LogP contribution in [0.25, 0.3) is 0 Å². The van der Waals surface area contributed by atoms with Crippen LogP contribution in [0.15, 0.2) is 12.7 Å². The van der Waals surface area contributed by atoms with Gasteiger partial charge in [0.25, 0.3) is 0 Å². The Morgan fingerprint density at radius 2 is 1.40 bits per heavy atom. The van der Waals surface area contributed by atoms with E-state index in [0.29, 0.717) is 0 Å². The third-order valence-electron chi connectivity index (χ3n) is 2.33. The minimum Gasteiger partial charge on any atom is -0.266 e. The Bertz CT molecular complexity index is 184. The Labute approximate surface area is 101 Å². The third-order valence-corrected chi connectivity index (χ3v) is 13.7. The summed E-state index contributed by atoms with van der Waals surface area (Å²) in [6, 6.07) is 0. The minimum absolute atomic E-state index is 1.01. The fourth-order valence-electron chi connectivity index (χ4n) is 2.17. The van der Waals surface area contributed by atoms with Gasteiger partial charge in [0.1, 0.15) is 12.7 Å². The number of H-pyrrole nitrogens is 1. The van der Waals surface area contributed by atoms with Crippen molar-refractivity contribution >= 4 is 19.8 Å². The van der Waals surface area contributed by atoms with Gasteiger partial charge in [-0.15, -0.1) is 0 Å². The zero-order chi connectivity index (χ0) is 11.8. The van der Waals surface area contributed by atoms with Gasteiger partial charge in [0, 0.05) is 0 Å². The van der Waals surface area contributed by atoms with E-state index in [1.165, 1.54) is 12.7 Å². The molecule has 0 atom stereocenters. The number of nitrogens with zero attached hydrogens (tertiary/aromatic N) is 2. The van der Waals surface area contributed by atoms with Gasteiger partial charge in [-0.25, -0.2) is 4.98 Å². The molecule has 1 aromatic heterocycles. The Morgan fingerprint density at radius 1 is 0.933 bits per heavy atom. The monoisotopic (exact) mass is 318 g/mol. The molecular formula is C11H24N3Sn. The van der Waals surface area contributed by atoms with E-state index in [9.17, 15) is 0 Å². The summed E-state index contributed by atoms with van der Waals surface area (Å²) in [5.41, 5.74) is 0. The summed E-state index contributed by atoms with van der Waals surface area (Å²) < 4.78 is 3.09. The quantitative estimate of drug-likeness (QED) is 0.867. The molecule has 0 aliphatic heterocycles. The van der Waals surface area contributed by atoms with Gasteiger partial charge in [-0.3, -0.25) is 5.10 Å². The first-order valence-electron chi connectivity index (χ1n) is 5.62. The molecule has 0 saturated heterocycles. The van der Waals surface area contributed by atoms with Crippen LogP contribution >= 0.6 is 0 Å². The maximum Gasteiger partial charge on any atom is 0.137 e. The largest absolute Gasteiger partial charge is 0.266 e. The van der Waals surface area contributed by atoms with Crippen LogP contribution in [0.4, 0.5) is 0 Å². The summed E-state index contributed by atoms with van der Waals surface area (Å²) in [5, 5.41) is 5.99. The van der Waals surface area contributed by atoms with Crippen LogP contribution in [-0.2, 0) is 0 Å². The van der Waals surface area contributed by atoms with E-state index >= 15 is 0 Å². The predicted octanol–water partition coefficient (Wildman–Crippen LogP) is 3.52. The Hall–Kier alpha value is -0.0613. The summed E-state index contributed by atoms with van der Waals surface area (Å²) >= 11 is -1.01. The minimum atomic E-state index is -1.01. The van der Waals surface area contributed by atoms with Crippen molar-refractivity contribution in [1.82, 2.24) is 15.2 Å². The number of rotatable bonds is 3. The molecule has 0 aliphatic rings. The van der Waals surface area contributed by atoms with Crippen LogP contribution in [0.3, 0.4) is 0 Å². The number of aromatic amines is 1. The van der Waals surface area contributed by atoms with Gasteiger partial charge in [-0.1, -0.05) is 0 Å². The number of aromatic nitrogens is 3. The second-order valence-electron chi connectivity index (χ2n) is 4.62. The van der Waals surface area contributed by atoms with Crippen LogP contribution in [0.2, 0.25) is 11.8 Å². The summed E-state index contributed by atoms with van der Waals surface area (Å²) in [4.78, 5) is 3.56. The summed E-state index contributed by atoms with van der Waals surface area (Å²) in [5.74, 6) is 0. The second kappa shape index (κ2) is 8.13. The number of hydrogen-bond acceptors (Lipinski definition) is 2. The average Bonchev–Trinajstić information content (AvgIpc) is 2.56. The van der Waals surface area contributed by atoms with Gasteiger partial charge in [-0.2, -0.15) is 5.10 Å². The van der Waals surface area contributed by atoms with Crippen molar-refractivity contribution in [3.05, 3.63) is 12.7 Å². The molecular weight excluding hydrogens is 293 g/mol. The Balaban J connectivity index is 0.000000322. The molecule has 87 valence electrons. The number of hydrogen-bond donors (Lipinski definition) is 1. The Kier molecular flexibility index (Phi) is 8.10. The first-order chi connectivity index (χ1) is 6.96. The molecule has 1 N–H and O–H groups in total. The van der Waals surface area contributed by atoms with Crippen molar-refractivity contribution in [2.75, 3.05) is 0 Å². The van der Waals surface area contributed by atoms with E-state index in [1.54, 1.807) is 0 Å². The van der Waals surface area contributed by atoms with Gasteiger partial charge in [0.15, 0.2) is 0 Å². The summed E-state index contributed by atoms with van der Waals surface area (Å²) in [6.07, 6.45) is 2.96. The fourth-order valence-corrected chi connectivity index (χ4v) is 13.6. The van der Waals surface area contributed by atoms with Gasteiger partial charge in [0.2, 0.25) is 0 Å². The SMILES string of the molecule is C[CH](C)[Sn]([CH](C)C)[CH](C)C.c1nc[nH]n1. The molecule has 0 unspecified atom stereocenters. The molecule has 0 aromatic carbocycles. The Morgan fingerprint density at radius 3 is 1.47 bits per heavy atom. The first kappa shape index (κ1) is 14.9. The van der Waals surface area contributed by atoms with Crippen LogP contribution in [0.1, 0.15) is 41.5 Å². The molecule has 0 bridgehead atoms. The maximum absolute atomic E-state index is 3.56. The van der Waals surface area contributed by atoms with E-state index in [4.69, 9.17) is 0 Å². The zero-order valence-corrected chi connectivity index (χ0v) is 13.6. The second-order valence-corrected chi connectivity index (χ2v) is 17.4. The molecule has 1 aromatic rings. The maximum atomic E-state index is 3.56. The van der Waals surface area contributed by atoms with Crippen molar-refractivity contribution in [3.63, 3.8) is 0 Å². The van der Waals surface area contributed by atoms with Gasteiger partial charge in [-0.05, 0) is 0 Å². The van der Waals surface area contributed by atoms with E-state index in [-0.39, 0.29) is 0 Å². The van der Waals surface area contributed by atoms with Gasteiger partial charge < -0.3 is 0 Å². The summed E-state index contributed by atoms with van der Waals surface area (Å²) in [7, 11) is 0. The van der Waals surface area contributed by atoms with E-state index < -0.39 is 19.8 Å². The van der Waals surface area contributed by atoms with Crippen LogP contribution in [-0.4, -0.2) is 34.9 Å². The topological polar surface area (TPSA) is 41.6 Å². The molecule has 4 heteroatoms. The number of nitrogens with one attached hydrogen (secondary N) is 1. The van der Waals surface area contributed by atoms with Gasteiger partial charge >= 0.3 is 73.1 Å². The molecule has 0 fully saturated rings. The van der Waals surface area contributed by atoms with Crippen molar-refractivity contribution in [3.8, 4) is 0 Å². The van der Waals surface area contributed by atoms with Crippen molar-refractivity contribution in [2.45, 2.75) is 53.3 Å². The molecule has 15 heavy (non-hydrogen) atoms. The molecule has 3 nitrogen and oxygen atoms in total. The zero-order valence-electron chi connectivity index (χ0n) is 10.8. The van der Waals surface area contributed by atoms with E-state index in [2.05, 4.69) is 56.7 Å². The smallest absolute Gasteiger partial charge is 0.137 e. The van der Waals surface area contributed by atoms with Crippen molar-refractivity contribution in [1.29, 1.82) is 0 Å². The summed E-state index contributed by atoms with van der Waals surface area (Å²) in [6.45, 7) is 14.5. The fraction of sp³-hybridized carbons (Fsp3) is 0.818. The average molecular weight is 317 g/mol. The van der Waals surface area contributed by atoms with E-state index in [0.717, 1.165) is 11.8 Å². The first-order valence-corrected chi connectivity index (χ1v) is 10.6. The predicted molar refractivity (Wildman–Crippen MR) is 67.4 cm³/mol. The molecule has 1 heterocycles. The molecule has 0 saturated carbocycles. The van der Waals surface area contributed by atoms with Crippen molar-refractivity contribution in [2.24, 2.45) is 0 Å². The molecule has 1 rings (SSSR count). The normalized spacial score (nSPS) is 11.1. The van der Waals surface area contributed by atoms with Crippen LogP contribution < -0.4 is 0 Å². The molecule has 0 amide bonds. The van der Waals surface area contributed by atoms with E-state index in [1.807, 2.05) is 0 Å². The van der Waals surface area contributed by atoms with Crippen LogP contribution in [0, 0.1) is 0 Å². The molecule has 0 aliphatic carbocycles. The van der Waals surface area contributed by atoms with Crippen LogP contribution in [0.5, 0.6) is 0 Å². The molecule has 1 radical (unpaired) electrons. The standard InChI is InChI=1S/3C3H7.C2H3N3.Sn/c3*1-3-2;1-3-2-5-4-1;/h3*3H,1-2H3;1-2H,(H,3,4,5);. The third kappa shape index (κ3) is 6.92. The van der Waals surface area contributed by atoms with Crippen molar-refractivity contribution < 1.29 is 0 Å². The molecule has 0 spiro atoms.